The standard InChI is InChI=1S/C6H13N3O.C2H6/c1-8-6(7)9-2-4-10-5-3-9;1-2/h2-5H2,1H3,(H2,7,8);1-2H3. The maximum absolute atomic E-state index is 5.57. The number of hydrogen-bond donors (Lipinski definition) is 1. The monoisotopic (exact) mass is 173 g/mol. The van der Waals surface area contributed by atoms with Crippen molar-refractivity contribution in [1.29, 1.82) is 0 Å². The number of aliphatic imine (C=N–C) groups is 1. The lowest BCUT2D eigenvalue weighted by atomic mass is 10.4. The topological polar surface area (TPSA) is 50.8 Å². The van der Waals surface area contributed by atoms with Crippen molar-refractivity contribution in [3.63, 3.8) is 0 Å². The molecule has 1 saturated heterocycles. The molecule has 12 heavy (non-hydrogen) atoms. The van der Waals surface area contributed by atoms with E-state index in [1.165, 1.54) is 0 Å². The molecule has 1 rings (SSSR count). The molecule has 1 aliphatic rings. The van der Waals surface area contributed by atoms with E-state index in [1.807, 2.05) is 18.7 Å². The minimum absolute atomic E-state index is 0.614. The van der Waals surface area contributed by atoms with Gasteiger partial charge in [0.15, 0.2) is 5.96 Å². The fourth-order valence-electron chi connectivity index (χ4n) is 0.934. The molecule has 2 N–H and O–H groups in total. The molecule has 4 nitrogen and oxygen atoms in total. The van der Waals surface area contributed by atoms with Gasteiger partial charge in [-0.3, -0.25) is 4.99 Å². The molecule has 0 spiro atoms. The summed E-state index contributed by atoms with van der Waals surface area (Å²) in [5, 5.41) is 0. The molecule has 1 heterocycles. The smallest absolute Gasteiger partial charge is 0.191 e. The number of morpholine rings is 1. The van der Waals surface area contributed by atoms with E-state index in [0.29, 0.717) is 5.96 Å². The molecule has 72 valence electrons. The average Bonchev–Trinajstić information content (AvgIpc) is 2.21. The summed E-state index contributed by atoms with van der Waals surface area (Å²) in [4.78, 5) is 5.89. The van der Waals surface area contributed by atoms with Gasteiger partial charge < -0.3 is 15.4 Å². The van der Waals surface area contributed by atoms with Crippen molar-refractivity contribution < 1.29 is 4.74 Å². The highest BCUT2D eigenvalue weighted by Crippen LogP contribution is 1.94. The summed E-state index contributed by atoms with van der Waals surface area (Å²) in [6.07, 6.45) is 0. The van der Waals surface area contributed by atoms with Crippen LogP contribution in [-0.2, 0) is 4.74 Å². The number of guanidine groups is 1. The zero-order valence-corrected chi connectivity index (χ0v) is 8.21. The predicted octanol–water partition coefficient (Wildman–Crippen LogP) is 0.289. The van der Waals surface area contributed by atoms with Crippen LogP contribution in [0.25, 0.3) is 0 Å². The summed E-state index contributed by atoms with van der Waals surface area (Å²) in [7, 11) is 1.70. The number of rotatable bonds is 0. The van der Waals surface area contributed by atoms with Gasteiger partial charge in [-0.2, -0.15) is 0 Å². The maximum Gasteiger partial charge on any atom is 0.191 e. The number of ether oxygens (including phenoxy) is 1. The van der Waals surface area contributed by atoms with Gasteiger partial charge in [-0.15, -0.1) is 0 Å². The quantitative estimate of drug-likeness (QED) is 0.423. The zero-order chi connectivity index (χ0) is 9.40. The van der Waals surface area contributed by atoms with Crippen molar-refractivity contribution in [3.05, 3.63) is 0 Å². The first-order chi connectivity index (χ1) is 5.84. The van der Waals surface area contributed by atoms with E-state index >= 15 is 0 Å². The molecule has 0 saturated carbocycles. The third-order valence-electron chi connectivity index (χ3n) is 1.56. The Kier molecular flexibility index (Phi) is 6.47. The number of hydrogen-bond acceptors (Lipinski definition) is 2. The Morgan fingerprint density at radius 3 is 2.25 bits per heavy atom. The van der Waals surface area contributed by atoms with Gasteiger partial charge in [0.2, 0.25) is 0 Å². The molecule has 4 heteroatoms. The Balaban J connectivity index is 0.000000561. The Morgan fingerprint density at radius 2 is 1.83 bits per heavy atom. The van der Waals surface area contributed by atoms with E-state index in [-0.39, 0.29) is 0 Å². The van der Waals surface area contributed by atoms with Gasteiger partial charge in [-0.1, -0.05) is 13.8 Å². The van der Waals surface area contributed by atoms with Crippen LogP contribution in [0.1, 0.15) is 13.8 Å². The molecular formula is C8H19N3O. The summed E-state index contributed by atoms with van der Waals surface area (Å²) in [6.45, 7) is 7.25. The summed E-state index contributed by atoms with van der Waals surface area (Å²) in [5.41, 5.74) is 5.57. The number of nitrogens with two attached hydrogens (primary N) is 1. The second kappa shape index (κ2) is 6.91. The van der Waals surface area contributed by atoms with Crippen molar-refractivity contribution in [2.75, 3.05) is 33.4 Å². The molecule has 0 aromatic rings. The van der Waals surface area contributed by atoms with Crippen LogP contribution in [0.4, 0.5) is 0 Å². The molecule has 1 fully saturated rings. The molecule has 0 aromatic heterocycles. The van der Waals surface area contributed by atoms with Crippen molar-refractivity contribution in [1.82, 2.24) is 4.90 Å². The Hall–Kier alpha value is -0.770. The molecule has 0 aromatic carbocycles. The lowest BCUT2D eigenvalue weighted by Crippen LogP contribution is -2.44. The van der Waals surface area contributed by atoms with Crippen LogP contribution in [0.3, 0.4) is 0 Å². The zero-order valence-electron chi connectivity index (χ0n) is 8.21. The molecule has 0 radical (unpaired) electrons. The van der Waals surface area contributed by atoms with Crippen molar-refractivity contribution in [3.8, 4) is 0 Å². The highest BCUT2D eigenvalue weighted by molar-refractivity contribution is 5.77. The number of nitrogens with zero attached hydrogens (tertiary/aromatic N) is 2. The van der Waals surface area contributed by atoms with Gasteiger partial charge in [0.05, 0.1) is 13.2 Å². The van der Waals surface area contributed by atoms with Gasteiger partial charge in [-0.25, -0.2) is 0 Å². The molecule has 0 atom stereocenters. The van der Waals surface area contributed by atoms with Crippen molar-refractivity contribution in [2.24, 2.45) is 10.7 Å². The van der Waals surface area contributed by atoms with E-state index < -0.39 is 0 Å². The normalized spacial score (nSPS) is 18.2. The van der Waals surface area contributed by atoms with E-state index in [1.54, 1.807) is 7.05 Å². The third-order valence-corrected chi connectivity index (χ3v) is 1.56. The van der Waals surface area contributed by atoms with Crippen molar-refractivity contribution in [2.45, 2.75) is 13.8 Å². The van der Waals surface area contributed by atoms with E-state index in [9.17, 15) is 0 Å². The minimum atomic E-state index is 0.614. The van der Waals surface area contributed by atoms with Crippen LogP contribution in [0.5, 0.6) is 0 Å². The highest BCUT2D eigenvalue weighted by Gasteiger charge is 2.10. The third kappa shape index (κ3) is 3.57. The summed E-state index contributed by atoms with van der Waals surface area (Å²) >= 11 is 0. The van der Waals surface area contributed by atoms with Gasteiger partial charge in [-0.05, 0) is 0 Å². The van der Waals surface area contributed by atoms with Crippen LogP contribution < -0.4 is 5.73 Å². The molecule has 0 aliphatic carbocycles. The molecule has 0 amide bonds. The largest absolute Gasteiger partial charge is 0.378 e. The van der Waals surface area contributed by atoms with Crippen LogP contribution >= 0.6 is 0 Å². The minimum Gasteiger partial charge on any atom is -0.378 e. The first kappa shape index (κ1) is 11.2. The Bertz CT molecular complexity index is 130. The summed E-state index contributed by atoms with van der Waals surface area (Å²) < 4.78 is 5.14. The van der Waals surface area contributed by atoms with Crippen LogP contribution in [0.2, 0.25) is 0 Å². The molecule has 1 aliphatic heterocycles. The van der Waals surface area contributed by atoms with Crippen molar-refractivity contribution >= 4 is 5.96 Å². The van der Waals surface area contributed by atoms with Crippen LogP contribution in [0, 0.1) is 0 Å². The first-order valence-corrected chi connectivity index (χ1v) is 4.39. The second-order valence-electron chi connectivity index (χ2n) is 2.18. The SMILES string of the molecule is CC.CN=C(N)N1CCOCC1. The van der Waals surface area contributed by atoms with Gasteiger partial charge in [0.1, 0.15) is 0 Å². The summed E-state index contributed by atoms with van der Waals surface area (Å²) in [5.74, 6) is 0.614. The first-order valence-electron chi connectivity index (χ1n) is 4.39. The Morgan fingerprint density at radius 1 is 1.33 bits per heavy atom. The molecular weight excluding hydrogens is 154 g/mol. The molecule has 0 bridgehead atoms. The fraction of sp³-hybridized carbons (Fsp3) is 0.875. The van der Waals surface area contributed by atoms with Gasteiger partial charge >= 0.3 is 0 Å². The maximum atomic E-state index is 5.57. The average molecular weight is 173 g/mol. The molecule has 0 unspecified atom stereocenters. The summed E-state index contributed by atoms with van der Waals surface area (Å²) in [6, 6.07) is 0. The van der Waals surface area contributed by atoms with E-state index in [0.717, 1.165) is 26.3 Å². The van der Waals surface area contributed by atoms with Crippen LogP contribution in [-0.4, -0.2) is 44.2 Å². The van der Waals surface area contributed by atoms with Crippen LogP contribution in [0.15, 0.2) is 4.99 Å². The Labute approximate surface area is 74.4 Å². The lowest BCUT2D eigenvalue weighted by Gasteiger charge is -2.27. The fourth-order valence-corrected chi connectivity index (χ4v) is 0.934. The predicted molar refractivity (Wildman–Crippen MR) is 51.3 cm³/mol. The lowest BCUT2D eigenvalue weighted by molar-refractivity contribution is 0.0675. The second-order valence-corrected chi connectivity index (χ2v) is 2.18. The van der Waals surface area contributed by atoms with Gasteiger partial charge in [0, 0.05) is 20.1 Å². The van der Waals surface area contributed by atoms with Gasteiger partial charge in [0.25, 0.3) is 0 Å². The van der Waals surface area contributed by atoms with E-state index in [2.05, 4.69) is 4.99 Å². The van der Waals surface area contributed by atoms with E-state index in [4.69, 9.17) is 10.5 Å². The highest BCUT2D eigenvalue weighted by atomic mass is 16.5.